The van der Waals surface area contributed by atoms with Gasteiger partial charge < -0.3 is 25.3 Å². The van der Waals surface area contributed by atoms with Gasteiger partial charge in [-0.05, 0) is 62.2 Å². The molecule has 6 nitrogen and oxygen atoms in total. The van der Waals surface area contributed by atoms with Crippen LogP contribution < -0.4 is 15.4 Å². The maximum absolute atomic E-state index is 13.0. The number of benzene rings is 2. The molecule has 1 atom stereocenters. The van der Waals surface area contributed by atoms with Crippen molar-refractivity contribution in [1.29, 1.82) is 0 Å². The van der Waals surface area contributed by atoms with Gasteiger partial charge in [0.2, 0.25) is 0 Å². The molecule has 2 aromatic carbocycles. The number of aromatic nitrogens is 1. The second-order valence-corrected chi connectivity index (χ2v) is 7.92. The first-order chi connectivity index (χ1) is 14.6. The van der Waals surface area contributed by atoms with Crippen molar-refractivity contribution in [3.05, 3.63) is 59.8 Å². The summed E-state index contributed by atoms with van der Waals surface area (Å²) in [6.45, 7) is 7.64. The Labute approximate surface area is 177 Å². The minimum Gasteiger partial charge on any atom is -0.481 e. The quantitative estimate of drug-likeness (QED) is 0.660. The van der Waals surface area contributed by atoms with Crippen LogP contribution in [0.4, 0.5) is 5.69 Å². The minimum absolute atomic E-state index is 0.0378. The van der Waals surface area contributed by atoms with Crippen LogP contribution in [-0.4, -0.2) is 54.6 Å². The van der Waals surface area contributed by atoms with E-state index in [-0.39, 0.29) is 5.91 Å². The lowest BCUT2D eigenvalue weighted by Crippen LogP contribution is -2.52. The number of ether oxygens (including phenoxy) is 1. The van der Waals surface area contributed by atoms with Gasteiger partial charge in [-0.2, -0.15) is 0 Å². The first kappa shape index (κ1) is 20.3. The molecule has 3 aromatic rings. The number of piperazine rings is 1. The smallest absolute Gasteiger partial charge is 0.263 e. The van der Waals surface area contributed by atoms with Gasteiger partial charge in [0.25, 0.3) is 5.91 Å². The number of rotatable bonds is 6. The van der Waals surface area contributed by atoms with Crippen LogP contribution in [-0.2, 0) is 11.2 Å². The number of nitrogens with zero attached hydrogens (tertiary/aromatic N) is 2. The van der Waals surface area contributed by atoms with Gasteiger partial charge in [-0.15, -0.1) is 0 Å². The third kappa shape index (κ3) is 4.14. The normalized spacial score (nSPS) is 15.4. The Morgan fingerprint density at radius 3 is 2.67 bits per heavy atom. The van der Waals surface area contributed by atoms with E-state index in [9.17, 15) is 4.79 Å². The fourth-order valence-corrected chi connectivity index (χ4v) is 4.19. The van der Waals surface area contributed by atoms with Crippen LogP contribution in [0.3, 0.4) is 0 Å². The summed E-state index contributed by atoms with van der Waals surface area (Å²) < 4.78 is 6.02. The standard InChI is InChI=1S/C24H30N4O2/c1-17-5-3-4-6-23(17)27-11-13-28(14-12-27)24(29)18(2)30-20-7-8-22-21(15-20)19(9-10-25)16-26-22/h3-8,15-16,18,26H,9-14,25H2,1-2H3. The molecule has 6 heteroatoms. The van der Waals surface area contributed by atoms with Crippen molar-refractivity contribution in [2.75, 3.05) is 37.6 Å². The molecule has 1 aromatic heterocycles. The van der Waals surface area contributed by atoms with Crippen LogP contribution >= 0.6 is 0 Å². The molecule has 1 aliphatic heterocycles. The van der Waals surface area contributed by atoms with Crippen LogP contribution in [0.1, 0.15) is 18.1 Å². The highest BCUT2D eigenvalue weighted by Gasteiger charge is 2.26. The number of hydrogen-bond donors (Lipinski definition) is 2. The molecule has 1 amide bonds. The van der Waals surface area contributed by atoms with Crippen molar-refractivity contribution < 1.29 is 9.53 Å². The number of hydrogen-bond acceptors (Lipinski definition) is 4. The van der Waals surface area contributed by atoms with E-state index in [1.807, 2.05) is 36.2 Å². The molecule has 1 unspecified atom stereocenters. The lowest BCUT2D eigenvalue weighted by molar-refractivity contribution is -0.138. The molecule has 0 aliphatic carbocycles. The third-order valence-electron chi connectivity index (χ3n) is 5.86. The summed E-state index contributed by atoms with van der Waals surface area (Å²) in [5, 5.41) is 1.10. The zero-order valence-corrected chi connectivity index (χ0v) is 17.7. The minimum atomic E-state index is -0.524. The number of anilines is 1. The van der Waals surface area contributed by atoms with Crippen LogP contribution in [0.25, 0.3) is 10.9 Å². The number of aromatic amines is 1. The molecule has 30 heavy (non-hydrogen) atoms. The van der Waals surface area contributed by atoms with Gasteiger partial charge in [-0.3, -0.25) is 4.79 Å². The fourth-order valence-electron chi connectivity index (χ4n) is 4.19. The summed E-state index contributed by atoms with van der Waals surface area (Å²) in [7, 11) is 0. The van der Waals surface area contributed by atoms with Gasteiger partial charge in [0.15, 0.2) is 6.10 Å². The van der Waals surface area contributed by atoms with Crippen molar-refractivity contribution >= 4 is 22.5 Å². The van der Waals surface area contributed by atoms with E-state index >= 15 is 0 Å². The number of H-pyrrole nitrogens is 1. The van der Waals surface area contributed by atoms with Gasteiger partial charge in [0, 0.05) is 49.0 Å². The van der Waals surface area contributed by atoms with E-state index in [1.54, 1.807) is 0 Å². The number of amides is 1. The largest absolute Gasteiger partial charge is 0.481 e. The molecule has 0 radical (unpaired) electrons. The van der Waals surface area contributed by atoms with Crippen LogP contribution in [0.15, 0.2) is 48.7 Å². The van der Waals surface area contributed by atoms with Crippen molar-refractivity contribution in [2.24, 2.45) is 5.73 Å². The molecule has 0 saturated carbocycles. The predicted octanol–water partition coefficient (Wildman–Crippen LogP) is 3.09. The Morgan fingerprint density at radius 1 is 1.17 bits per heavy atom. The molecule has 1 saturated heterocycles. The summed E-state index contributed by atoms with van der Waals surface area (Å²) in [5.74, 6) is 0.746. The average Bonchev–Trinajstić information content (AvgIpc) is 3.16. The topological polar surface area (TPSA) is 74.6 Å². The molecular formula is C24H30N4O2. The number of fused-ring (bicyclic) bond motifs is 1. The van der Waals surface area contributed by atoms with Crippen molar-refractivity contribution in [1.82, 2.24) is 9.88 Å². The summed E-state index contributed by atoms with van der Waals surface area (Å²) in [6, 6.07) is 14.3. The lowest BCUT2D eigenvalue weighted by Gasteiger charge is -2.37. The number of carbonyl (C=O) groups is 1. The van der Waals surface area contributed by atoms with E-state index in [1.165, 1.54) is 16.8 Å². The molecule has 0 spiro atoms. The molecule has 3 N–H and O–H groups in total. The molecule has 4 rings (SSSR count). The summed E-state index contributed by atoms with van der Waals surface area (Å²) in [4.78, 5) is 20.5. The first-order valence-corrected chi connectivity index (χ1v) is 10.6. The highest BCUT2D eigenvalue weighted by molar-refractivity contribution is 5.85. The van der Waals surface area contributed by atoms with Crippen LogP contribution in [0, 0.1) is 6.92 Å². The number of nitrogens with two attached hydrogens (primary N) is 1. The maximum Gasteiger partial charge on any atom is 0.263 e. The van der Waals surface area contributed by atoms with Crippen molar-refractivity contribution in [2.45, 2.75) is 26.4 Å². The lowest BCUT2D eigenvalue weighted by atomic mass is 10.1. The SMILES string of the molecule is Cc1ccccc1N1CCN(C(=O)C(C)Oc2ccc3[nH]cc(CCN)c3c2)CC1. The Kier molecular flexibility index (Phi) is 5.95. The maximum atomic E-state index is 13.0. The second-order valence-electron chi connectivity index (χ2n) is 7.92. The van der Waals surface area contributed by atoms with Gasteiger partial charge in [-0.1, -0.05) is 18.2 Å². The van der Waals surface area contributed by atoms with Crippen molar-refractivity contribution in [3.63, 3.8) is 0 Å². The van der Waals surface area contributed by atoms with Gasteiger partial charge >= 0.3 is 0 Å². The van der Waals surface area contributed by atoms with Crippen molar-refractivity contribution in [3.8, 4) is 5.75 Å². The summed E-state index contributed by atoms with van der Waals surface area (Å²) in [6.07, 6.45) is 2.27. The van der Waals surface area contributed by atoms with E-state index in [0.29, 0.717) is 25.4 Å². The fraction of sp³-hybridized carbons (Fsp3) is 0.375. The molecule has 1 fully saturated rings. The Balaban J connectivity index is 1.38. The number of aryl methyl sites for hydroxylation is 1. The van der Waals surface area contributed by atoms with E-state index in [2.05, 4.69) is 41.1 Å². The number of para-hydroxylation sites is 1. The molecule has 2 heterocycles. The number of carbonyl (C=O) groups excluding carboxylic acids is 1. The van der Waals surface area contributed by atoms with Gasteiger partial charge in [-0.25, -0.2) is 0 Å². The monoisotopic (exact) mass is 406 g/mol. The first-order valence-electron chi connectivity index (χ1n) is 10.6. The molecular weight excluding hydrogens is 376 g/mol. The van der Waals surface area contributed by atoms with Gasteiger partial charge in [0.1, 0.15) is 5.75 Å². The zero-order chi connectivity index (χ0) is 21.1. The van der Waals surface area contributed by atoms with E-state index in [4.69, 9.17) is 10.5 Å². The Hall–Kier alpha value is -2.99. The Bertz CT molecular complexity index is 1020. The molecule has 1 aliphatic rings. The number of nitrogens with one attached hydrogen (secondary N) is 1. The second kappa shape index (κ2) is 8.79. The molecule has 0 bridgehead atoms. The average molecular weight is 407 g/mol. The van der Waals surface area contributed by atoms with Crippen LogP contribution in [0.2, 0.25) is 0 Å². The highest BCUT2D eigenvalue weighted by Crippen LogP contribution is 2.25. The molecule has 158 valence electrons. The van der Waals surface area contributed by atoms with E-state index < -0.39 is 6.10 Å². The van der Waals surface area contributed by atoms with Gasteiger partial charge in [0.05, 0.1) is 0 Å². The van der Waals surface area contributed by atoms with E-state index in [0.717, 1.165) is 30.4 Å². The predicted molar refractivity (Wildman–Crippen MR) is 121 cm³/mol. The zero-order valence-electron chi connectivity index (χ0n) is 17.7. The van der Waals surface area contributed by atoms with Crippen LogP contribution in [0.5, 0.6) is 5.75 Å². The third-order valence-corrected chi connectivity index (χ3v) is 5.86. The Morgan fingerprint density at radius 2 is 1.93 bits per heavy atom. The summed E-state index contributed by atoms with van der Waals surface area (Å²) in [5.41, 5.74) is 10.5. The highest BCUT2D eigenvalue weighted by atomic mass is 16.5. The summed E-state index contributed by atoms with van der Waals surface area (Å²) >= 11 is 0.